The molecule has 1 aromatic carbocycles. The van der Waals surface area contributed by atoms with Crippen molar-refractivity contribution in [2.24, 2.45) is 0 Å². The van der Waals surface area contributed by atoms with Crippen molar-refractivity contribution in [2.75, 3.05) is 13.1 Å². The standard InChI is InChI=1S/C17H24ClNO/c1-17(2,19-10-5-3-4-6-11-19)16(20)13-14-8-7-9-15(18)12-14/h7-9,12H,3-6,10-11,13H2,1-2H3. The van der Waals surface area contributed by atoms with Gasteiger partial charge in [-0.1, -0.05) is 36.6 Å². The summed E-state index contributed by atoms with van der Waals surface area (Å²) in [6.45, 7) is 6.19. The molecule has 1 aliphatic heterocycles. The molecule has 0 aromatic heterocycles. The first-order chi connectivity index (χ1) is 9.50. The summed E-state index contributed by atoms with van der Waals surface area (Å²) < 4.78 is 0. The molecule has 0 saturated carbocycles. The lowest BCUT2D eigenvalue weighted by Gasteiger charge is -2.36. The Bertz CT molecular complexity index is 462. The van der Waals surface area contributed by atoms with E-state index in [0.717, 1.165) is 18.7 Å². The van der Waals surface area contributed by atoms with Gasteiger partial charge < -0.3 is 0 Å². The van der Waals surface area contributed by atoms with Crippen molar-refractivity contribution in [1.82, 2.24) is 4.90 Å². The highest BCUT2D eigenvalue weighted by molar-refractivity contribution is 6.30. The number of hydrogen-bond donors (Lipinski definition) is 0. The van der Waals surface area contributed by atoms with Crippen LogP contribution >= 0.6 is 11.6 Å². The summed E-state index contributed by atoms with van der Waals surface area (Å²) in [5.41, 5.74) is 0.623. The third-order valence-electron chi connectivity index (χ3n) is 4.33. The van der Waals surface area contributed by atoms with Gasteiger partial charge in [0.25, 0.3) is 0 Å². The van der Waals surface area contributed by atoms with Crippen LogP contribution < -0.4 is 0 Å². The summed E-state index contributed by atoms with van der Waals surface area (Å²) in [5.74, 6) is 0.279. The van der Waals surface area contributed by atoms with E-state index in [1.807, 2.05) is 24.3 Å². The fourth-order valence-corrected chi connectivity index (χ4v) is 3.07. The normalized spacial score (nSPS) is 17.8. The molecule has 110 valence electrons. The Morgan fingerprint density at radius 1 is 1.20 bits per heavy atom. The summed E-state index contributed by atoms with van der Waals surface area (Å²) in [7, 11) is 0. The van der Waals surface area contributed by atoms with Gasteiger partial charge in [0.15, 0.2) is 5.78 Å². The van der Waals surface area contributed by atoms with E-state index in [9.17, 15) is 4.79 Å². The van der Waals surface area contributed by atoms with Crippen LogP contribution in [0.1, 0.15) is 45.1 Å². The zero-order valence-electron chi connectivity index (χ0n) is 12.5. The summed E-state index contributed by atoms with van der Waals surface area (Å²) in [6.07, 6.45) is 5.44. The molecule has 1 aliphatic rings. The van der Waals surface area contributed by atoms with E-state index < -0.39 is 0 Å². The first-order valence-corrected chi connectivity index (χ1v) is 7.91. The summed E-state index contributed by atoms with van der Waals surface area (Å²) in [5, 5.41) is 0.697. The minimum atomic E-state index is -0.382. The van der Waals surface area contributed by atoms with Crippen molar-refractivity contribution in [1.29, 1.82) is 0 Å². The van der Waals surface area contributed by atoms with Gasteiger partial charge in [0, 0.05) is 11.4 Å². The molecule has 1 aromatic rings. The average molecular weight is 294 g/mol. The monoisotopic (exact) mass is 293 g/mol. The van der Waals surface area contributed by atoms with Gasteiger partial charge >= 0.3 is 0 Å². The van der Waals surface area contributed by atoms with Crippen molar-refractivity contribution in [3.63, 3.8) is 0 Å². The molecule has 0 atom stereocenters. The first-order valence-electron chi connectivity index (χ1n) is 7.53. The molecular weight excluding hydrogens is 270 g/mol. The number of carbonyl (C=O) groups excluding carboxylic acids is 1. The summed E-state index contributed by atoms with van der Waals surface area (Å²) in [6, 6.07) is 7.61. The van der Waals surface area contributed by atoms with Crippen LogP contribution in [-0.4, -0.2) is 29.3 Å². The van der Waals surface area contributed by atoms with Gasteiger partial charge in [0.05, 0.1) is 5.54 Å². The van der Waals surface area contributed by atoms with E-state index in [1.165, 1.54) is 25.7 Å². The zero-order chi connectivity index (χ0) is 14.6. The number of ketones is 1. The Morgan fingerprint density at radius 2 is 1.85 bits per heavy atom. The predicted octanol–water partition coefficient (Wildman–Crippen LogP) is 4.11. The van der Waals surface area contributed by atoms with Crippen LogP contribution in [0, 0.1) is 0 Å². The van der Waals surface area contributed by atoms with Crippen molar-refractivity contribution in [3.05, 3.63) is 34.9 Å². The van der Waals surface area contributed by atoms with Gasteiger partial charge in [-0.25, -0.2) is 0 Å². The Morgan fingerprint density at radius 3 is 2.45 bits per heavy atom. The van der Waals surface area contributed by atoms with Crippen LogP contribution in [0.5, 0.6) is 0 Å². The number of hydrogen-bond acceptors (Lipinski definition) is 2. The zero-order valence-corrected chi connectivity index (χ0v) is 13.2. The number of benzene rings is 1. The Balaban J connectivity index is 2.05. The van der Waals surface area contributed by atoms with Gasteiger partial charge in [0.1, 0.15) is 0 Å². The third-order valence-corrected chi connectivity index (χ3v) is 4.57. The fourth-order valence-electron chi connectivity index (χ4n) is 2.85. The minimum absolute atomic E-state index is 0.279. The molecule has 0 N–H and O–H groups in total. The summed E-state index contributed by atoms with van der Waals surface area (Å²) >= 11 is 5.99. The lowest BCUT2D eigenvalue weighted by Crippen LogP contribution is -2.51. The lowest BCUT2D eigenvalue weighted by atomic mass is 9.91. The Hall–Kier alpha value is -0.860. The topological polar surface area (TPSA) is 20.3 Å². The first kappa shape index (κ1) is 15.5. The van der Waals surface area contributed by atoms with E-state index >= 15 is 0 Å². The maximum absolute atomic E-state index is 12.7. The Kier molecular flexibility index (Phi) is 5.22. The largest absolute Gasteiger partial charge is 0.297 e. The highest BCUT2D eigenvalue weighted by atomic mass is 35.5. The number of nitrogens with zero attached hydrogens (tertiary/aromatic N) is 1. The van der Waals surface area contributed by atoms with E-state index in [2.05, 4.69) is 18.7 Å². The second-order valence-corrected chi connectivity index (χ2v) is 6.63. The van der Waals surface area contributed by atoms with E-state index in [0.29, 0.717) is 11.4 Å². The molecule has 1 saturated heterocycles. The maximum Gasteiger partial charge on any atom is 0.156 e. The van der Waals surface area contributed by atoms with Crippen LogP contribution in [0.15, 0.2) is 24.3 Å². The quantitative estimate of drug-likeness (QED) is 0.833. The van der Waals surface area contributed by atoms with Crippen LogP contribution in [0.25, 0.3) is 0 Å². The van der Waals surface area contributed by atoms with Crippen molar-refractivity contribution >= 4 is 17.4 Å². The van der Waals surface area contributed by atoms with Crippen molar-refractivity contribution < 1.29 is 4.79 Å². The molecule has 0 aliphatic carbocycles. The molecule has 20 heavy (non-hydrogen) atoms. The third kappa shape index (κ3) is 3.83. The van der Waals surface area contributed by atoms with Crippen LogP contribution in [0.4, 0.5) is 0 Å². The van der Waals surface area contributed by atoms with Gasteiger partial charge in [0.2, 0.25) is 0 Å². The fraction of sp³-hybridized carbons (Fsp3) is 0.588. The van der Waals surface area contributed by atoms with Gasteiger partial charge in [-0.2, -0.15) is 0 Å². The highest BCUT2D eigenvalue weighted by Crippen LogP contribution is 2.23. The lowest BCUT2D eigenvalue weighted by molar-refractivity contribution is -0.128. The molecular formula is C17H24ClNO. The molecule has 2 rings (SSSR count). The molecule has 0 spiro atoms. The van der Waals surface area contributed by atoms with E-state index in [1.54, 1.807) is 0 Å². The van der Waals surface area contributed by atoms with Gasteiger partial charge in [-0.15, -0.1) is 0 Å². The SMILES string of the molecule is CC(C)(C(=O)Cc1cccc(Cl)c1)N1CCCCCC1. The highest BCUT2D eigenvalue weighted by Gasteiger charge is 2.34. The van der Waals surface area contributed by atoms with Crippen LogP contribution in [-0.2, 0) is 11.2 Å². The predicted molar refractivity (Wildman–Crippen MR) is 84.3 cm³/mol. The van der Waals surface area contributed by atoms with Gasteiger partial charge in [-0.3, -0.25) is 9.69 Å². The van der Waals surface area contributed by atoms with Gasteiger partial charge in [-0.05, 0) is 57.5 Å². The number of Topliss-reactive ketones (excluding diaryl/α,β-unsaturated/α-hetero) is 1. The van der Waals surface area contributed by atoms with Crippen molar-refractivity contribution in [2.45, 2.75) is 51.5 Å². The molecule has 0 radical (unpaired) electrons. The second-order valence-electron chi connectivity index (χ2n) is 6.19. The molecule has 0 unspecified atom stereocenters. The van der Waals surface area contributed by atoms with Crippen molar-refractivity contribution in [3.8, 4) is 0 Å². The average Bonchev–Trinajstić information content (AvgIpc) is 2.67. The molecule has 0 amide bonds. The smallest absolute Gasteiger partial charge is 0.156 e. The molecule has 1 heterocycles. The number of likely N-dealkylation sites (tertiary alicyclic amines) is 1. The number of rotatable bonds is 4. The maximum atomic E-state index is 12.7. The Labute approximate surface area is 127 Å². The summed E-state index contributed by atoms with van der Waals surface area (Å²) in [4.78, 5) is 15.0. The minimum Gasteiger partial charge on any atom is -0.297 e. The molecule has 1 fully saturated rings. The molecule has 0 bridgehead atoms. The van der Waals surface area contributed by atoms with Crippen LogP contribution in [0.2, 0.25) is 5.02 Å². The number of carbonyl (C=O) groups is 1. The van der Waals surface area contributed by atoms with E-state index in [4.69, 9.17) is 11.6 Å². The molecule has 3 heteroatoms. The van der Waals surface area contributed by atoms with Crippen LogP contribution in [0.3, 0.4) is 0 Å². The number of halogens is 1. The molecule has 2 nitrogen and oxygen atoms in total. The second kappa shape index (κ2) is 6.73. The van der Waals surface area contributed by atoms with E-state index in [-0.39, 0.29) is 11.3 Å².